The Bertz CT molecular complexity index is 472. The third-order valence-corrected chi connectivity index (χ3v) is 4.19. The Morgan fingerprint density at radius 3 is 2.21 bits per heavy atom. The zero-order chi connectivity index (χ0) is 14.4. The second kappa shape index (κ2) is 4.51. The molecule has 19 heavy (non-hydrogen) atoms. The Hall–Kier alpha value is -1.04. The molecule has 5 heteroatoms. The first-order valence-electron chi connectivity index (χ1n) is 6.55. The summed E-state index contributed by atoms with van der Waals surface area (Å²) >= 11 is 0. The van der Waals surface area contributed by atoms with Crippen LogP contribution in [-0.2, 0) is 9.31 Å². The predicted molar refractivity (Wildman–Crippen MR) is 75.9 cm³/mol. The molecular weight excluding hydrogens is 241 g/mol. The molecule has 1 heterocycles. The Labute approximate surface area is 115 Å². The summed E-state index contributed by atoms with van der Waals surface area (Å²) in [5.41, 5.74) is 6.81. The number of para-hydroxylation sites is 1. The van der Waals surface area contributed by atoms with Crippen molar-refractivity contribution in [2.75, 3.05) is 0 Å². The first-order valence-corrected chi connectivity index (χ1v) is 6.55. The van der Waals surface area contributed by atoms with Crippen LogP contribution >= 0.6 is 0 Å². The van der Waals surface area contributed by atoms with E-state index in [0.717, 1.165) is 5.56 Å². The van der Waals surface area contributed by atoms with E-state index in [4.69, 9.17) is 15.0 Å². The fourth-order valence-corrected chi connectivity index (χ4v) is 2.13. The molecule has 1 aromatic rings. The van der Waals surface area contributed by atoms with Gasteiger partial charge in [-0.1, -0.05) is 18.2 Å². The SMILES string of the molecule is Cc1cccc([C@H](N)B2OC(C)(C)C(C)(C)O2)c1O. The van der Waals surface area contributed by atoms with E-state index >= 15 is 0 Å². The predicted octanol–water partition coefficient (Wildman–Crippen LogP) is 2.33. The number of aromatic hydroxyl groups is 1. The van der Waals surface area contributed by atoms with E-state index in [1.165, 1.54) is 0 Å². The number of benzene rings is 1. The lowest BCUT2D eigenvalue weighted by Crippen LogP contribution is -2.41. The number of phenols is 1. The molecule has 0 bridgehead atoms. The van der Waals surface area contributed by atoms with Gasteiger partial charge in [-0.2, -0.15) is 0 Å². The van der Waals surface area contributed by atoms with Gasteiger partial charge in [-0.3, -0.25) is 0 Å². The van der Waals surface area contributed by atoms with Crippen molar-refractivity contribution in [2.24, 2.45) is 5.73 Å². The van der Waals surface area contributed by atoms with Crippen molar-refractivity contribution in [1.82, 2.24) is 0 Å². The molecule has 2 rings (SSSR count). The number of phenolic OH excluding ortho intramolecular Hbond substituents is 1. The van der Waals surface area contributed by atoms with E-state index in [-0.39, 0.29) is 5.75 Å². The highest BCUT2D eigenvalue weighted by atomic mass is 16.7. The van der Waals surface area contributed by atoms with Gasteiger partial charge in [0.15, 0.2) is 0 Å². The van der Waals surface area contributed by atoms with Crippen LogP contribution in [-0.4, -0.2) is 23.4 Å². The van der Waals surface area contributed by atoms with Crippen molar-refractivity contribution >= 4 is 7.12 Å². The molecule has 1 saturated heterocycles. The van der Waals surface area contributed by atoms with Gasteiger partial charge in [-0.15, -0.1) is 0 Å². The van der Waals surface area contributed by atoms with Gasteiger partial charge in [0.05, 0.1) is 17.1 Å². The molecular formula is C14H22BNO3. The summed E-state index contributed by atoms with van der Waals surface area (Å²) in [4.78, 5) is 0. The largest absolute Gasteiger partial charge is 0.507 e. The quantitative estimate of drug-likeness (QED) is 0.804. The van der Waals surface area contributed by atoms with Crippen molar-refractivity contribution in [3.63, 3.8) is 0 Å². The van der Waals surface area contributed by atoms with Crippen molar-refractivity contribution < 1.29 is 14.4 Å². The smallest absolute Gasteiger partial charge is 0.480 e. The Balaban J connectivity index is 2.27. The Morgan fingerprint density at radius 2 is 1.68 bits per heavy atom. The minimum Gasteiger partial charge on any atom is -0.507 e. The van der Waals surface area contributed by atoms with Crippen LogP contribution in [0.15, 0.2) is 18.2 Å². The minimum absolute atomic E-state index is 0.213. The van der Waals surface area contributed by atoms with Crippen LogP contribution < -0.4 is 5.73 Å². The molecule has 0 saturated carbocycles. The zero-order valence-electron chi connectivity index (χ0n) is 12.2. The van der Waals surface area contributed by atoms with Crippen molar-refractivity contribution in [1.29, 1.82) is 0 Å². The second-order valence-electron chi connectivity index (χ2n) is 6.16. The van der Waals surface area contributed by atoms with Crippen LogP contribution in [0.1, 0.15) is 44.8 Å². The topological polar surface area (TPSA) is 64.7 Å². The van der Waals surface area contributed by atoms with Gasteiger partial charge >= 0.3 is 7.12 Å². The van der Waals surface area contributed by atoms with E-state index in [2.05, 4.69) is 0 Å². The summed E-state index contributed by atoms with van der Waals surface area (Å²) in [6, 6.07) is 5.52. The van der Waals surface area contributed by atoms with Crippen LogP contribution in [0.5, 0.6) is 5.75 Å². The molecule has 1 fully saturated rings. The van der Waals surface area contributed by atoms with Crippen LogP contribution in [0.4, 0.5) is 0 Å². The number of rotatable bonds is 2. The summed E-state index contributed by atoms with van der Waals surface area (Å²) in [5.74, 6) is -0.300. The third kappa shape index (κ3) is 2.38. The van der Waals surface area contributed by atoms with Gasteiger partial charge in [-0.25, -0.2) is 0 Å². The maximum Gasteiger partial charge on any atom is 0.480 e. The number of aryl methyl sites for hydroxylation is 1. The molecule has 1 aromatic carbocycles. The highest BCUT2D eigenvalue weighted by Crippen LogP contribution is 2.40. The van der Waals surface area contributed by atoms with Crippen LogP contribution in [0.2, 0.25) is 0 Å². The average molecular weight is 263 g/mol. The van der Waals surface area contributed by atoms with Crippen molar-refractivity contribution in [3.8, 4) is 5.75 Å². The summed E-state index contributed by atoms with van der Waals surface area (Å²) in [6.45, 7) is 9.77. The van der Waals surface area contributed by atoms with Gasteiger partial charge in [0.25, 0.3) is 0 Å². The average Bonchev–Trinajstić information content (AvgIpc) is 2.51. The summed E-state index contributed by atoms with van der Waals surface area (Å²) in [6.07, 6.45) is 0. The fraction of sp³-hybridized carbons (Fsp3) is 0.571. The molecule has 0 amide bonds. The van der Waals surface area contributed by atoms with Crippen molar-refractivity contribution in [3.05, 3.63) is 29.3 Å². The second-order valence-corrected chi connectivity index (χ2v) is 6.16. The first kappa shape index (κ1) is 14.4. The molecule has 3 N–H and O–H groups in total. The fourth-order valence-electron chi connectivity index (χ4n) is 2.13. The third-order valence-electron chi connectivity index (χ3n) is 4.19. The van der Waals surface area contributed by atoms with Gasteiger partial charge in [0.2, 0.25) is 0 Å². The highest BCUT2D eigenvalue weighted by Gasteiger charge is 2.53. The summed E-state index contributed by atoms with van der Waals surface area (Å²) in [5, 5.41) is 10.1. The number of hydrogen-bond donors (Lipinski definition) is 2. The van der Waals surface area contributed by atoms with E-state index in [9.17, 15) is 5.11 Å². The molecule has 0 unspecified atom stereocenters. The maximum absolute atomic E-state index is 10.1. The maximum atomic E-state index is 10.1. The van der Waals surface area contributed by atoms with Crippen LogP contribution in [0.3, 0.4) is 0 Å². The lowest BCUT2D eigenvalue weighted by molar-refractivity contribution is 0.00578. The molecule has 4 nitrogen and oxygen atoms in total. The standard InChI is InChI=1S/C14H22BNO3/c1-9-7-6-8-10(11(9)17)12(16)15-18-13(2,3)14(4,5)19-15/h6-8,12,17H,16H2,1-5H3/t12-/m0/s1. The van der Waals surface area contributed by atoms with Gasteiger partial charge < -0.3 is 20.1 Å². The lowest BCUT2D eigenvalue weighted by Gasteiger charge is -2.32. The lowest BCUT2D eigenvalue weighted by atomic mass is 9.74. The zero-order valence-corrected chi connectivity index (χ0v) is 12.2. The molecule has 0 spiro atoms. The number of nitrogens with two attached hydrogens (primary N) is 1. The summed E-state index contributed by atoms with van der Waals surface area (Å²) in [7, 11) is -0.558. The number of hydrogen-bond acceptors (Lipinski definition) is 4. The molecule has 104 valence electrons. The first-order chi connectivity index (χ1) is 8.66. The molecule has 0 radical (unpaired) electrons. The highest BCUT2D eigenvalue weighted by molar-refractivity contribution is 6.47. The van der Waals surface area contributed by atoms with E-state index in [1.807, 2.05) is 46.8 Å². The van der Waals surface area contributed by atoms with Gasteiger partial charge in [0.1, 0.15) is 5.75 Å². The normalized spacial score (nSPS) is 22.5. The summed E-state index contributed by atoms with van der Waals surface area (Å²) < 4.78 is 11.8. The molecule has 1 aliphatic rings. The van der Waals surface area contributed by atoms with Gasteiger partial charge in [0, 0.05) is 5.56 Å². The van der Waals surface area contributed by atoms with Crippen LogP contribution in [0.25, 0.3) is 0 Å². The van der Waals surface area contributed by atoms with Crippen molar-refractivity contribution in [2.45, 2.75) is 51.8 Å². The monoisotopic (exact) mass is 263 g/mol. The molecule has 0 aliphatic carbocycles. The molecule has 1 aliphatic heterocycles. The molecule has 0 aromatic heterocycles. The van der Waals surface area contributed by atoms with E-state index in [0.29, 0.717) is 5.56 Å². The van der Waals surface area contributed by atoms with Crippen LogP contribution in [0, 0.1) is 6.92 Å². The molecule has 1 atom stereocenters. The van der Waals surface area contributed by atoms with E-state index in [1.54, 1.807) is 6.07 Å². The van der Waals surface area contributed by atoms with E-state index < -0.39 is 24.3 Å². The Kier molecular flexibility index (Phi) is 3.41. The minimum atomic E-state index is -0.558. The Morgan fingerprint density at radius 1 is 1.16 bits per heavy atom. The van der Waals surface area contributed by atoms with Gasteiger partial charge in [-0.05, 0) is 40.2 Å².